The van der Waals surface area contributed by atoms with Gasteiger partial charge in [0.1, 0.15) is 0 Å². The molecule has 2 N–H and O–H groups in total. The van der Waals surface area contributed by atoms with Crippen molar-refractivity contribution in [1.82, 2.24) is 10.6 Å². The molecule has 3 heteroatoms. The minimum Gasteiger partial charge on any atom is -0.379 e. The summed E-state index contributed by atoms with van der Waals surface area (Å²) in [5.41, 5.74) is 0.367. The van der Waals surface area contributed by atoms with E-state index in [0.29, 0.717) is 23.3 Å². The molecule has 0 bridgehead atoms. The predicted octanol–water partition coefficient (Wildman–Crippen LogP) is 2.27. The lowest BCUT2D eigenvalue weighted by molar-refractivity contribution is 0.180. The first-order valence-electron chi connectivity index (χ1n) is 7.49. The van der Waals surface area contributed by atoms with Crippen molar-refractivity contribution in [3.63, 3.8) is 0 Å². The van der Waals surface area contributed by atoms with Crippen LogP contribution in [0.2, 0.25) is 0 Å². The Morgan fingerprint density at radius 2 is 2.00 bits per heavy atom. The molecule has 1 rings (SSSR count). The Hall–Kier alpha value is -0.120. The molecule has 0 amide bonds. The first-order valence-corrected chi connectivity index (χ1v) is 7.49. The first-order chi connectivity index (χ1) is 8.47. The van der Waals surface area contributed by atoms with Crippen LogP contribution in [0, 0.1) is 17.3 Å². The van der Waals surface area contributed by atoms with Crippen LogP contribution in [0.3, 0.4) is 0 Å². The average Bonchev–Trinajstić information content (AvgIpc) is 2.73. The SMILES string of the molecule is CCCNC1COCC1CNCC(C)(C)C(C)C. The van der Waals surface area contributed by atoms with E-state index >= 15 is 0 Å². The molecule has 0 radical (unpaired) electrons. The Morgan fingerprint density at radius 3 is 2.61 bits per heavy atom. The Balaban J connectivity index is 2.25. The molecule has 0 aromatic heterocycles. The summed E-state index contributed by atoms with van der Waals surface area (Å²) in [7, 11) is 0. The highest BCUT2D eigenvalue weighted by Gasteiger charge is 2.28. The molecule has 0 saturated carbocycles. The van der Waals surface area contributed by atoms with Crippen LogP contribution in [0.25, 0.3) is 0 Å². The molecule has 1 saturated heterocycles. The summed E-state index contributed by atoms with van der Waals surface area (Å²) in [5, 5.41) is 7.22. The molecule has 1 aliphatic heterocycles. The molecular weight excluding hydrogens is 224 g/mol. The summed E-state index contributed by atoms with van der Waals surface area (Å²) >= 11 is 0. The molecule has 0 spiro atoms. The van der Waals surface area contributed by atoms with Gasteiger partial charge in [0.05, 0.1) is 13.2 Å². The Morgan fingerprint density at radius 1 is 1.28 bits per heavy atom. The third kappa shape index (κ3) is 4.87. The summed E-state index contributed by atoms with van der Waals surface area (Å²) in [6.45, 7) is 16.5. The molecule has 0 aliphatic carbocycles. The van der Waals surface area contributed by atoms with Gasteiger partial charge in [0.25, 0.3) is 0 Å². The number of rotatable bonds is 8. The molecule has 18 heavy (non-hydrogen) atoms. The molecule has 2 atom stereocenters. The van der Waals surface area contributed by atoms with Crippen molar-refractivity contribution < 1.29 is 4.74 Å². The van der Waals surface area contributed by atoms with E-state index < -0.39 is 0 Å². The van der Waals surface area contributed by atoms with Gasteiger partial charge in [-0.1, -0.05) is 34.6 Å². The van der Waals surface area contributed by atoms with E-state index in [1.165, 1.54) is 6.42 Å². The van der Waals surface area contributed by atoms with Crippen LogP contribution >= 0.6 is 0 Å². The molecule has 1 fully saturated rings. The number of hydrogen-bond acceptors (Lipinski definition) is 3. The van der Waals surface area contributed by atoms with Crippen LogP contribution in [0.15, 0.2) is 0 Å². The van der Waals surface area contributed by atoms with Crippen molar-refractivity contribution in [2.24, 2.45) is 17.3 Å². The van der Waals surface area contributed by atoms with E-state index in [0.717, 1.165) is 32.8 Å². The number of nitrogens with one attached hydrogen (secondary N) is 2. The van der Waals surface area contributed by atoms with Gasteiger partial charge in [0, 0.05) is 25.0 Å². The monoisotopic (exact) mass is 256 g/mol. The third-order valence-corrected chi connectivity index (χ3v) is 4.40. The van der Waals surface area contributed by atoms with Gasteiger partial charge >= 0.3 is 0 Å². The lowest BCUT2D eigenvalue weighted by Crippen LogP contribution is -2.43. The quantitative estimate of drug-likeness (QED) is 0.699. The van der Waals surface area contributed by atoms with Crippen LogP contribution in [-0.2, 0) is 4.74 Å². The Kier molecular flexibility index (Phi) is 6.61. The second-order valence-electron chi connectivity index (χ2n) is 6.63. The van der Waals surface area contributed by atoms with Crippen molar-refractivity contribution in [3.8, 4) is 0 Å². The minimum absolute atomic E-state index is 0.367. The van der Waals surface area contributed by atoms with E-state index in [9.17, 15) is 0 Å². The smallest absolute Gasteiger partial charge is 0.0623 e. The largest absolute Gasteiger partial charge is 0.379 e. The zero-order valence-electron chi connectivity index (χ0n) is 12.9. The molecular formula is C15H32N2O. The summed E-state index contributed by atoms with van der Waals surface area (Å²) in [5.74, 6) is 1.33. The van der Waals surface area contributed by atoms with Gasteiger partial charge < -0.3 is 15.4 Å². The van der Waals surface area contributed by atoms with Crippen molar-refractivity contribution in [2.45, 2.75) is 47.1 Å². The summed E-state index contributed by atoms with van der Waals surface area (Å²) in [6.07, 6.45) is 1.19. The van der Waals surface area contributed by atoms with E-state index in [1.807, 2.05) is 0 Å². The van der Waals surface area contributed by atoms with E-state index in [1.54, 1.807) is 0 Å². The predicted molar refractivity (Wildman–Crippen MR) is 77.9 cm³/mol. The Bertz CT molecular complexity index is 229. The van der Waals surface area contributed by atoms with E-state index in [4.69, 9.17) is 4.74 Å². The maximum Gasteiger partial charge on any atom is 0.0623 e. The molecule has 1 heterocycles. The third-order valence-electron chi connectivity index (χ3n) is 4.40. The van der Waals surface area contributed by atoms with Crippen molar-refractivity contribution in [2.75, 3.05) is 32.8 Å². The lowest BCUT2D eigenvalue weighted by Gasteiger charge is -2.30. The van der Waals surface area contributed by atoms with Gasteiger partial charge in [-0.15, -0.1) is 0 Å². The summed E-state index contributed by atoms with van der Waals surface area (Å²) < 4.78 is 5.59. The summed E-state index contributed by atoms with van der Waals surface area (Å²) in [6, 6.07) is 0.541. The van der Waals surface area contributed by atoms with Crippen LogP contribution in [0.1, 0.15) is 41.0 Å². The molecule has 0 aromatic carbocycles. The van der Waals surface area contributed by atoms with Gasteiger partial charge in [0.15, 0.2) is 0 Å². The maximum absolute atomic E-state index is 5.59. The zero-order valence-corrected chi connectivity index (χ0v) is 12.9. The highest BCUT2D eigenvalue weighted by atomic mass is 16.5. The Labute approximate surface area is 113 Å². The van der Waals surface area contributed by atoms with Crippen molar-refractivity contribution in [3.05, 3.63) is 0 Å². The van der Waals surface area contributed by atoms with Crippen LogP contribution in [-0.4, -0.2) is 38.9 Å². The normalized spacial score (nSPS) is 25.0. The second kappa shape index (κ2) is 7.46. The molecule has 2 unspecified atom stereocenters. The van der Waals surface area contributed by atoms with Gasteiger partial charge in [-0.05, 0) is 24.3 Å². The first kappa shape index (κ1) is 15.9. The van der Waals surface area contributed by atoms with E-state index in [-0.39, 0.29) is 0 Å². The minimum atomic E-state index is 0.367. The maximum atomic E-state index is 5.59. The topological polar surface area (TPSA) is 33.3 Å². The highest BCUT2D eigenvalue weighted by Crippen LogP contribution is 2.24. The fraction of sp³-hybridized carbons (Fsp3) is 1.00. The fourth-order valence-electron chi connectivity index (χ4n) is 2.14. The van der Waals surface area contributed by atoms with Crippen molar-refractivity contribution >= 4 is 0 Å². The number of ether oxygens (including phenoxy) is 1. The van der Waals surface area contributed by atoms with Crippen molar-refractivity contribution in [1.29, 1.82) is 0 Å². The highest BCUT2D eigenvalue weighted by molar-refractivity contribution is 4.84. The molecule has 1 aliphatic rings. The van der Waals surface area contributed by atoms with Gasteiger partial charge in [0.2, 0.25) is 0 Å². The van der Waals surface area contributed by atoms with Crippen LogP contribution in [0.5, 0.6) is 0 Å². The fourth-order valence-corrected chi connectivity index (χ4v) is 2.14. The summed E-state index contributed by atoms with van der Waals surface area (Å²) in [4.78, 5) is 0. The average molecular weight is 256 g/mol. The van der Waals surface area contributed by atoms with Crippen LogP contribution < -0.4 is 10.6 Å². The second-order valence-corrected chi connectivity index (χ2v) is 6.63. The number of hydrogen-bond donors (Lipinski definition) is 2. The zero-order chi connectivity index (χ0) is 13.6. The lowest BCUT2D eigenvalue weighted by atomic mass is 9.81. The van der Waals surface area contributed by atoms with Crippen LogP contribution in [0.4, 0.5) is 0 Å². The molecule has 108 valence electrons. The van der Waals surface area contributed by atoms with Gasteiger partial charge in [-0.3, -0.25) is 0 Å². The molecule has 3 nitrogen and oxygen atoms in total. The molecule has 0 aromatic rings. The standard InChI is InChI=1S/C15H32N2O/c1-6-7-17-14-10-18-9-13(14)8-16-11-15(4,5)12(2)3/h12-14,16-17H,6-11H2,1-5H3. The van der Waals surface area contributed by atoms with Gasteiger partial charge in [-0.2, -0.15) is 0 Å². The van der Waals surface area contributed by atoms with Gasteiger partial charge in [-0.25, -0.2) is 0 Å². The van der Waals surface area contributed by atoms with E-state index in [2.05, 4.69) is 45.3 Å².